The fourth-order valence-electron chi connectivity index (χ4n) is 0.480. The van der Waals surface area contributed by atoms with Crippen LogP contribution in [0.15, 0.2) is 11.9 Å². The van der Waals surface area contributed by atoms with Crippen molar-refractivity contribution in [3.8, 4) is 0 Å². The van der Waals surface area contributed by atoms with Crippen LogP contribution >= 0.6 is 0 Å². The second-order valence-corrected chi connectivity index (χ2v) is 2.02. The first-order valence-corrected chi connectivity index (χ1v) is 3.28. The zero-order chi connectivity index (χ0) is 7.98. The van der Waals surface area contributed by atoms with Crippen LogP contribution in [0.1, 0.15) is 20.3 Å². The van der Waals surface area contributed by atoms with Crippen LogP contribution < -0.4 is 5.32 Å². The van der Waals surface area contributed by atoms with E-state index in [1.165, 1.54) is 6.92 Å². The number of allylic oxidation sites excluding steroid dienone is 1. The maximum absolute atomic E-state index is 12.0. The molecule has 0 atom stereocenters. The Kier molecular flexibility index (Phi) is 4.54. The van der Waals surface area contributed by atoms with Crippen molar-refractivity contribution in [2.75, 3.05) is 6.54 Å². The van der Waals surface area contributed by atoms with Gasteiger partial charge in [0.15, 0.2) is 0 Å². The van der Waals surface area contributed by atoms with Gasteiger partial charge in [-0.15, -0.1) is 0 Å². The number of halogens is 1. The summed E-state index contributed by atoms with van der Waals surface area (Å²) in [5.74, 6) is -0.824. The smallest absolute Gasteiger partial charge is 0.246 e. The normalized spacial score (nSPS) is 11.3. The van der Waals surface area contributed by atoms with Gasteiger partial charge in [-0.3, -0.25) is 4.79 Å². The van der Waals surface area contributed by atoms with Crippen molar-refractivity contribution in [2.24, 2.45) is 0 Å². The van der Waals surface area contributed by atoms with Gasteiger partial charge in [0.25, 0.3) is 0 Å². The van der Waals surface area contributed by atoms with Gasteiger partial charge in [0.05, 0.1) is 0 Å². The molecular weight excluding hydrogens is 133 g/mol. The number of hydrogen-bond donors (Lipinski definition) is 1. The van der Waals surface area contributed by atoms with Gasteiger partial charge in [0.2, 0.25) is 5.91 Å². The Bertz CT molecular complexity index is 139. The van der Waals surface area contributed by atoms with E-state index in [4.69, 9.17) is 0 Å². The minimum Gasteiger partial charge on any atom is -0.352 e. The Hall–Kier alpha value is -0.860. The molecule has 0 fully saturated rings. The van der Waals surface area contributed by atoms with Gasteiger partial charge < -0.3 is 5.32 Å². The van der Waals surface area contributed by atoms with Crippen molar-refractivity contribution in [3.05, 3.63) is 11.9 Å². The van der Waals surface area contributed by atoms with E-state index >= 15 is 0 Å². The molecule has 2 nitrogen and oxygen atoms in total. The first kappa shape index (κ1) is 9.14. The van der Waals surface area contributed by atoms with Gasteiger partial charge in [0.1, 0.15) is 5.83 Å². The average molecular weight is 145 g/mol. The molecule has 1 N–H and O–H groups in total. The standard InChI is InChI=1S/C7H12FNO/c1-3-4-9-7(10)5-6(2)8/h5H,3-4H2,1-2H3,(H,9,10)/b6-5+. The van der Waals surface area contributed by atoms with Crippen LogP contribution in [-0.4, -0.2) is 12.5 Å². The van der Waals surface area contributed by atoms with E-state index in [9.17, 15) is 9.18 Å². The predicted molar refractivity (Wildman–Crippen MR) is 38.2 cm³/mol. The van der Waals surface area contributed by atoms with E-state index in [1.54, 1.807) is 0 Å². The van der Waals surface area contributed by atoms with Crippen molar-refractivity contribution in [2.45, 2.75) is 20.3 Å². The molecule has 0 spiro atoms. The van der Waals surface area contributed by atoms with Crippen LogP contribution in [0.4, 0.5) is 4.39 Å². The largest absolute Gasteiger partial charge is 0.352 e. The highest BCUT2D eigenvalue weighted by atomic mass is 19.1. The quantitative estimate of drug-likeness (QED) is 0.597. The van der Waals surface area contributed by atoms with E-state index in [0.717, 1.165) is 12.5 Å². The summed E-state index contributed by atoms with van der Waals surface area (Å²) < 4.78 is 12.0. The molecule has 0 rings (SSSR count). The average Bonchev–Trinajstić information content (AvgIpc) is 1.82. The predicted octanol–water partition coefficient (Wildman–Crippen LogP) is 1.39. The van der Waals surface area contributed by atoms with Gasteiger partial charge in [-0.1, -0.05) is 6.92 Å². The number of carbonyl (C=O) groups excluding carboxylic acids is 1. The molecule has 0 aromatic heterocycles. The van der Waals surface area contributed by atoms with Gasteiger partial charge >= 0.3 is 0 Å². The Balaban J connectivity index is 3.54. The molecule has 0 saturated heterocycles. The van der Waals surface area contributed by atoms with E-state index in [1.807, 2.05) is 6.92 Å². The highest BCUT2D eigenvalue weighted by molar-refractivity contribution is 5.87. The summed E-state index contributed by atoms with van der Waals surface area (Å²) in [5.41, 5.74) is 0. The molecule has 10 heavy (non-hydrogen) atoms. The topological polar surface area (TPSA) is 29.1 Å². The second kappa shape index (κ2) is 4.97. The Morgan fingerprint density at radius 1 is 1.70 bits per heavy atom. The Labute approximate surface area is 60.1 Å². The summed E-state index contributed by atoms with van der Waals surface area (Å²) in [5, 5.41) is 2.51. The van der Waals surface area contributed by atoms with Gasteiger partial charge in [-0.25, -0.2) is 4.39 Å². The molecule has 1 amide bonds. The van der Waals surface area contributed by atoms with Crippen molar-refractivity contribution in [3.63, 3.8) is 0 Å². The first-order chi connectivity index (χ1) is 4.66. The SMILES string of the molecule is CCCNC(=O)/C=C(\C)F. The monoisotopic (exact) mass is 145 g/mol. The van der Waals surface area contributed by atoms with E-state index < -0.39 is 5.83 Å². The second-order valence-electron chi connectivity index (χ2n) is 2.02. The van der Waals surface area contributed by atoms with Crippen molar-refractivity contribution < 1.29 is 9.18 Å². The number of rotatable bonds is 3. The van der Waals surface area contributed by atoms with Gasteiger partial charge in [-0.2, -0.15) is 0 Å². The molecule has 0 saturated carbocycles. The lowest BCUT2D eigenvalue weighted by atomic mass is 10.4. The highest BCUT2D eigenvalue weighted by Crippen LogP contribution is 1.90. The fourth-order valence-corrected chi connectivity index (χ4v) is 0.480. The third-order valence-electron chi connectivity index (χ3n) is 0.879. The first-order valence-electron chi connectivity index (χ1n) is 3.28. The highest BCUT2D eigenvalue weighted by Gasteiger charge is 1.93. The molecule has 58 valence electrons. The fraction of sp³-hybridized carbons (Fsp3) is 0.571. The van der Waals surface area contributed by atoms with Crippen molar-refractivity contribution in [1.29, 1.82) is 0 Å². The van der Waals surface area contributed by atoms with Crippen LogP contribution in [0, 0.1) is 0 Å². The van der Waals surface area contributed by atoms with Crippen LogP contribution in [0.2, 0.25) is 0 Å². The minimum atomic E-state index is -0.464. The lowest BCUT2D eigenvalue weighted by Crippen LogP contribution is -2.21. The van der Waals surface area contributed by atoms with Gasteiger partial charge in [-0.05, 0) is 13.3 Å². The lowest BCUT2D eigenvalue weighted by molar-refractivity contribution is -0.116. The molecule has 0 aliphatic carbocycles. The molecule has 0 bridgehead atoms. The summed E-state index contributed by atoms with van der Waals surface area (Å²) in [6.07, 6.45) is 1.81. The maximum Gasteiger partial charge on any atom is 0.246 e. The summed E-state index contributed by atoms with van der Waals surface area (Å²) in [6.45, 7) is 3.78. The summed E-state index contributed by atoms with van der Waals surface area (Å²) >= 11 is 0. The molecular formula is C7H12FNO. The van der Waals surface area contributed by atoms with Crippen molar-refractivity contribution in [1.82, 2.24) is 5.32 Å². The maximum atomic E-state index is 12.0. The van der Waals surface area contributed by atoms with E-state index in [-0.39, 0.29) is 5.91 Å². The van der Waals surface area contributed by atoms with Crippen LogP contribution in [-0.2, 0) is 4.79 Å². The molecule has 0 aliphatic heterocycles. The van der Waals surface area contributed by atoms with Crippen LogP contribution in [0.25, 0.3) is 0 Å². The number of amides is 1. The third kappa shape index (κ3) is 5.28. The summed E-state index contributed by atoms with van der Waals surface area (Å²) in [6, 6.07) is 0. The minimum absolute atomic E-state index is 0.359. The third-order valence-corrected chi connectivity index (χ3v) is 0.879. The van der Waals surface area contributed by atoms with Crippen LogP contribution in [0.5, 0.6) is 0 Å². The van der Waals surface area contributed by atoms with E-state index in [0.29, 0.717) is 6.54 Å². The summed E-state index contributed by atoms with van der Waals surface area (Å²) in [7, 11) is 0. The molecule has 0 aliphatic rings. The molecule has 0 aromatic carbocycles. The lowest BCUT2D eigenvalue weighted by Gasteiger charge is -1.96. The Morgan fingerprint density at radius 3 is 2.70 bits per heavy atom. The van der Waals surface area contributed by atoms with Crippen molar-refractivity contribution >= 4 is 5.91 Å². The molecule has 3 heteroatoms. The molecule has 0 aromatic rings. The molecule has 0 unspecified atom stereocenters. The number of nitrogens with one attached hydrogen (secondary N) is 1. The summed E-state index contributed by atoms with van der Waals surface area (Å²) in [4.78, 5) is 10.6. The Morgan fingerprint density at radius 2 is 2.30 bits per heavy atom. The number of hydrogen-bond acceptors (Lipinski definition) is 1. The zero-order valence-electron chi connectivity index (χ0n) is 6.28. The zero-order valence-corrected chi connectivity index (χ0v) is 6.28. The number of carbonyl (C=O) groups is 1. The molecule has 0 radical (unpaired) electrons. The van der Waals surface area contributed by atoms with E-state index in [2.05, 4.69) is 5.32 Å². The van der Waals surface area contributed by atoms with Crippen LogP contribution in [0.3, 0.4) is 0 Å². The molecule has 0 heterocycles. The van der Waals surface area contributed by atoms with Gasteiger partial charge in [0, 0.05) is 12.6 Å².